The highest BCUT2D eigenvalue weighted by molar-refractivity contribution is 5.84. The minimum Gasteiger partial charge on any atom is -0.465 e. The Morgan fingerprint density at radius 2 is 1.83 bits per heavy atom. The molecule has 1 amide bonds. The fraction of sp³-hybridized carbons (Fsp3) is 0.385. The van der Waals surface area contributed by atoms with Gasteiger partial charge in [0.25, 0.3) is 0 Å². The number of ether oxygens (including phenoxy) is 1. The monoisotopic (exact) mass is 250 g/mol. The van der Waals surface area contributed by atoms with E-state index in [0.29, 0.717) is 6.61 Å². The number of esters is 1. The van der Waals surface area contributed by atoms with E-state index < -0.39 is 5.97 Å². The lowest BCUT2D eigenvalue weighted by Gasteiger charge is -2.07. The van der Waals surface area contributed by atoms with E-state index in [9.17, 15) is 9.59 Å². The van der Waals surface area contributed by atoms with Crippen LogP contribution in [0.2, 0.25) is 0 Å². The zero-order valence-electron chi connectivity index (χ0n) is 10.7. The molecule has 1 aromatic carbocycles. The topological polar surface area (TPSA) is 67.4 Å². The number of aryl methyl sites for hydroxylation is 1. The second-order valence-corrected chi connectivity index (χ2v) is 3.80. The van der Waals surface area contributed by atoms with Crippen molar-refractivity contribution in [1.29, 1.82) is 0 Å². The van der Waals surface area contributed by atoms with Crippen molar-refractivity contribution in [3.8, 4) is 0 Å². The van der Waals surface area contributed by atoms with Crippen molar-refractivity contribution in [2.24, 2.45) is 0 Å². The van der Waals surface area contributed by atoms with Crippen LogP contribution in [0, 0.1) is 6.92 Å². The molecule has 0 spiro atoms. The highest BCUT2D eigenvalue weighted by Gasteiger charge is 2.05. The van der Waals surface area contributed by atoms with Crippen molar-refractivity contribution in [3.63, 3.8) is 0 Å². The third-order valence-electron chi connectivity index (χ3n) is 2.24. The molecule has 0 radical (unpaired) electrons. The van der Waals surface area contributed by atoms with Gasteiger partial charge in [0.2, 0.25) is 5.91 Å². The first-order valence-corrected chi connectivity index (χ1v) is 5.84. The number of rotatable bonds is 6. The first-order valence-electron chi connectivity index (χ1n) is 5.84. The van der Waals surface area contributed by atoms with Gasteiger partial charge in [-0.05, 0) is 26.0 Å². The second kappa shape index (κ2) is 7.32. The molecular weight excluding hydrogens is 232 g/mol. The largest absolute Gasteiger partial charge is 0.465 e. The maximum Gasteiger partial charge on any atom is 0.325 e. The Bertz CT molecular complexity index is 401. The Balaban J connectivity index is 2.24. The molecule has 0 saturated carbocycles. The van der Waals surface area contributed by atoms with Crippen molar-refractivity contribution in [2.45, 2.75) is 13.8 Å². The lowest BCUT2D eigenvalue weighted by molar-refractivity contribution is -0.143. The molecule has 2 N–H and O–H groups in total. The number of nitrogens with one attached hydrogen (secondary N) is 2. The molecule has 98 valence electrons. The molecule has 0 unspecified atom stereocenters. The number of carbonyl (C=O) groups is 2. The summed E-state index contributed by atoms with van der Waals surface area (Å²) in [6, 6.07) is 7.71. The molecular formula is C13H18N2O3. The molecule has 0 aliphatic carbocycles. The predicted molar refractivity (Wildman–Crippen MR) is 69.3 cm³/mol. The van der Waals surface area contributed by atoms with Gasteiger partial charge >= 0.3 is 5.97 Å². The summed E-state index contributed by atoms with van der Waals surface area (Å²) in [6.45, 7) is 4.07. The van der Waals surface area contributed by atoms with Gasteiger partial charge in [0.1, 0.15) is 6.54 Å². The number of amides is 1. The predicted octanol–water partition coefficient (Wildman–Crippen LogP) is 1.09. The van der Waals surface area contributed by atoms with E-state index in [1.54, 1.807) is 6.92 Å². The molecule has 18 heavy (non-hydrogen) atoms. The molecule has 0 saturated heterocycles. The smallest absolute Gasteiger partial charge is 0.325 e. The molecule has 0 bridgehead atoms. The van der Waals surface area contributed by atoms with Gasteiger partial charge in [0, 0.05) is 5.69 Å². The van der Waals surface area contributed by atoms with Crippen LogP contribution in [0.5, 0.6) is 0 Å². The molecule has 0 aliphatic rings. The number of carbonyl (C=O) groups excluding carboxylic acids is 2. The summed E-state index contributed by atoms with van der Waals surface area (Å²) in [4.78, 5) is 22.4. The van der Waals surface area contributed by atoms with Crippen molar-refractivity contribution in [3.05, 3.63) is 29.8 Å². The Kier molecular flexibility index (Phi) is 5.70. The molecule has 5 heteroatoms. The average Bonchev–Trinajstić information content (AvgIpc) is 2.36. The molecule has 1 aromatic rings. The highest BCUT2D eigenvalue weighted by atomic mass is 16.5. The summed E-state index contributed by atoms with van der Waals surface area (Å²) < 4.78 is 4.69. The van der Waals surface area contributed by atoms with Crippen molar-refractivity contribution >= 4 is 17.6 Å². The maximum absolute atomic E-state index is 11.4. The lowest BCUT2D eigenvalue weighted by Crippen LogP contribution is -2.34. The maximum atomic E-state index is 11.4. The van der Waals surface area contributed by atoms with Crippen LogP contribution >= 0.6 is 0 Å². The van der Waals surface area contributed by atoms with Gasteiger partial charge in [0.05, 0.1) is 13.2 Å². The van der Waals surface area contributed by atoms with Crippen LogP contribution in [-0.2, 0) is 14.3 Å². The average molecular weight is 250 g/mol. The molecule has 0 aromatic heterocycles. The second-order valence-electron chi connectivity index (χ2n) is 3.80. The third kappa shape index (κ3) is 5.34. The fourth-order valence-corrected chi connectivity index (χ4v) is 1.30. The van der Waals surface area contributed by atoms with Crippen molar-refractivity contribution in [1.82, 2.24) is 5.32 Å². The van der Waals surface area contributed by atoms with E-state index >= 15 is 0 Å². The van der Waals surface area contributed by atoms with Crippen LogP contribution in [0.25, 0.3) is 0 Å². The molecule has 5 nitrogen and oxygen atoms in total. The third-order valence-corrected chi connectivity index (χ3v) is 2.24. The normalized spacial score (nSPS) is 9.67. The van der Waals surface area contributed by atoms with E-state index in [1.807, 2.05) is 31.2 Å². The fourth-order valence-electron chi connectivity index (χ4n) is 1.30. The summed E-state index contributed by atoms with van der Waals surface area (Å²) >= 11 is 0. The van der Waals surface area contributed by atoms with Crippen LogP contribution in [0.15, 0.2) is 24.3 Å². The first-order chi connectivity index (χ1) is 8.61. The standard InChI is InChI=1S/C13H18N2O3/c1-3-18-13(17)9-15-12(16)8-14-11-6-4-10(2)5-7-11/h4-7,14H,3,8-9H2,1-2H3,(H,15,16). The SMILES string of the molecule is CCOC(=O)CNC(=O)CNc1ccc(C)cc1. The zero-order chi connectivity index (χ0) is 13.4. The number of hydrogen-bond acceptors (Lipinski definition) is 4. The van der Waals surface area contributed by atoms with E-state index in [1.165, 1.54) is 0 Å². The number of hydrogen-bond donors (Lipinski definition) is 2. The first kappa shape index (κ1) is 14.0. The van der Waals surface area contributed by atoms with Crippen LogP contribution in [0.4, 0.5) is 5.69 Å². The van der Waals surface area contributed by atoms with Gasteiger partial charge in [0.15, 0.2) is 0 Å². The molecule has 0 fully saturated rings. The van der Waals surface area contributed by atoms with E-state index in [2.05, 4.69) is 10.6 Å². The van der Waals surface area contributed by atoms with Crippen molar-refractivity contribution in [2.75, 3.05) is 25.0 Å². The minimum atomic E-state index is -0.429. The summed E-state index contributed by atoms with van der Waals surface area (Å²) in [6.07, 6.45) is 0. The van der Waals surface area contributed by atoms with Gasteiger partial charge in [-0.15, -0.1) is 0 Å². The van der Waals surface area contributed by atoms with E-state index in [0.717, 1.165) is 11.3 Å². The zero-order valence-corrected chi connectivity index (χ0v) is 10.7. The van der Waals surface area contributed by atoms with Crippen LogP contribution < -0.4 is 10.6 Å². The summed E-state index contributed by atoms with van der Waals surface area (Å²) in [5, 5.41) is 5.44. The Hall–Kier alpha value is -2.04. The van der Waals surface area contributed by atoms with Gasteiger partial charge in [-0.25, -0.2) is 0 Å². The number of benzene rings is 1. The quantitative estimate of drug-likeness (QED) is 0.742. The molecule has 0 aliphatic heterocycles. The summed E-state index contributed by atoms with van der Waals surface area (Å²) in [5.41, 5.74) is 2.03. The Labute approximate surface area is 107 Å². The van der Waals surface area contributed by atoms with Gasteiger partial charge in [-0.2, -0.15) is 0 Å². The van der Waals surface area contributed by atoms with Crippen LogP contribution in [0.3, 0.4) is 0 Å². The molecule has 1 rings (SSSR count). The Morgan fingerprint density at radius 3 is 2.44 bits per heavy atom. The summed E-state index contributed by atoms with van der Waals surface area (Å²) in [7, 11) is 0. The lowest BCUT2D eigenvalue weighted by atomic mass is 10.2. The van der Waals surface area contributed by atoms with Crippen molar-refractivity contribution < 1.29 is 14.3 Å². The van der Waals surface area contributed by atoms with Gasteiger partial charge in [-0.3, -0.25) is 9.59 Å². The Morgan fingerprint density at radius 1 is 1.17 bits per heavy atom. The van der Waals surface area contributed by atoms with E-state index in [-0.39, 0.29) is 19.0 Å². The van der Waals surface area contributed by atoms with E-state index in [4.69, 9.17) is 4.74 Å². The summed E-state index contributed by atoms with van der Waals surface area (Å²) in [5.74, 6) is -0.676. The van der Waals surface area contributed by atoms with Gasteiger partial charge in [-0.1, -0.05) is 17.7 Å². The molecule has 0 atom stereocenters. The minimum absolute atomic E-state index is 0.0950. The molecule has 0 heterocycles. The van der Waals surface area contributed by atoms with Gasteiger partial charge < -0.3 is 15.4 Å². The highest BCUT2D eigenvalue weighted by Crippen LogP contribution is 2.07. The van der Waals surface area contributed by atoms with Crippen LogP contribution in [-0.4, -0.2) is 31.6 Å². The number of anilines is 1. The van der Waals surface area contributed by atoms with Crippen LogP contribution in [0.1, 0.15) is 12.5 Å².